The van der Waals surface area contributed by atoms with Crippen LogP contribution in [0.3, 0.4) is 0 Å². The van der Waals surface area contributed by atoms with Crippen molar-refractivity contribution >= 4 is 11.9 Å². The van der Waals surface area contributed by atoms with E-state index in [0.29, 0.717) is 6.42 Å². The summed E-state index contributed by atoms with van der Waals surface area (Å²) in [7, 11) is 1.51. The maximum Gasteiger partial charge on any atom is 0.222 e. The Morgan fingerprint density at radius 2 is 1.35 bits per heavy atom. The second kappa shape index (κ2) is 14.3. The van der Waals surface area contributed by atoms with Crippen molar-refractivity contribution in [2.45, 2.75) is 71.1 Å². The number of rotatable bonds is 12. The van der Waals surface area contributed by atoms with Gasteiger partial charge in [-0.1, -0.05) is 58.3 Å². The van der Waals surface area contributed by atoms with E-state index < -0.39 is 5.97 Å². The summed E-state index contributed by atoms with van der Waals surface area (Å²) in [5.74, 6) is -1.31. The lowest BCUT2D eigenvalue weighted by molar-refractivity contribution is -0.305. The predicted octanol–water partition coefficient (Wildman–Crippen LogP) is 2.49. The molecule has 1 amide bonds. The molecule has 0 spiro atoms. The van der Waals surface area contributed by atoms with Gasteiger partial charge in [-0.2, -0.15) is 0 Å². The predicted molar refractivity (Wildman–Crippen MR) is 80.5 cm³/mol. The van der Waals surface area contributed by atoms with Crippen molar-refractivity contribution in [3.63, 3.8) is 0 Å². The molecule has 0 aromatic heterocycles. The quantitative estimate of drug-likeness (QED) is 0.559. The number of unbranched alkanes of at least 4 members (excludes halogenated alkanes) is 8. The largest absolute Gasteiger partial charge is 0.548 e. The second-order valence-electron chi connectivity index (χ2n) is 5.20. The summed E-state index contributed by atoms with van der Waals surface area (Å²) in [4.78, 5) is 23.1. The molecule has 0 aliphatic carbocycles. The zero-order valence-electron chi connectivity index (χ0n) is 13.5. The summed E-state index contributed by atoms with van der Waals surface area (Å²) in [6, 6.07) is 0. The van der Waals surface area contributed by atoms with Crippen molar-refractivity contribution < 1.29 is 14.7 Å². The number of carboxylic acid groups (broad SMARTS) is 1. The summed E-state index contributed by atoms with van der Waals surface area (Å²) in [6.07, 6.45) is 11.3. The van der Waals surface area contributed by atoms with Crippen molar-refractivity contribution in [1.29, 1.82) is 0 Å². The number of quaternary nitrogens is 1. The van der Waals surface area contributed by atoms with Crippen LogP contribution in [0.1, 0.15) is 71.1 Å². The van der Waals surface area contributed by atoms with Crippen LogP contribution in [0.15, 0.2) is 0 Å². The van der Waals surface area contributed by atoms with Gasteiger partial charge < -0.3 is 21.0 Å². The van der Waals surface area contributed by atoms with Gasteiger partial charge in [0.05, 0.1) is 12.5 Å². The zero-order valence-corrected chi connectivity index (χ0v) is 13.5. The molecular weight excluding hydrogens is 256 g/mol. The summed E-state index contributed by atoms with van der Waals surface area (Å²) in [5.41, 5.74) is 0. The van der Waals surface area contributed by atoms with Gasteiger partial charge in [-0.05, 0) is 6.42 Å². The number of nitrogens with zero attached hydrogens (tertiary/aromatic N) is 1. The molecule has 0 aliphatic rings. The number of aliphatic carboxylic acids is 1. The molecule has 20 heavy (non-hydrogen) atoms. The molecule has 0 aromatic rings. The summed E-state index contributed by atoms with van der Waals surface area (Å²) >= 11 is 0. The van der Waals surface area contributed by atoms with E-state index in [1.807, 2.05) is 0 Å². The molecule has 5 heteroatoms. The maximum absolute atomic E-state index is 11.5. The molecule has 0 bridgehead atoms. The van der Waals surface area contributed by atoms with Gasteiger partial charge in [-0.3, -0.25) is 4.79 Å². The normalized spacial score (nSPS) is 9.90. The van der Waals surface area contributed by atoms with Gasteiger partial charge >= 0.3 is 0 Å². The van der Waals surface area contributed by atoms with E-state index in [1.54, 1.807) is 0 Å². The number of carbonyl (C=O) groups excluding carboxylic acids is 2. The standard InChI is InChI=1S/C15H29NO3.H3N/c1-3-4-5-6-7-8-9-10-11-12-14(17)16(2)13-15(18)19;/h3-13H2,1-2H3,(H,18,19);1H3. The summed E-state index contributed by atoms with van der Waals surface area (Å²) in [5, 5.41) is 10.3. The Labute approximate surface area is 123 Å². The Morgan fingerprint density at radius 3 is 1.80 bits per heavy atom. The van der Waals surface area contributed by atoms with Gasteiger partial charge in [0.25, 0.3) is 0 Å². The molecule has 0 aromatic carbocycles. The lowest BCUT2D eigenvalue weighted by atomic mass is 10.1. The Bertz CT molecular complexity index is 258. The van der Waals surface area contributed by atoms with E-state index in [2.05, 4.69) is 6.92 Å². The third-order valence-electron chi connectivity index (χ3n) is 3.29. The average molecular weight is 288 g/mol. The van der Waals surface area contributed by atoms with Crippen molar-refractivity contribution in [3.05, 3.63) is 0 Å². The molecule has 0 saturated carbocycles. The first-order valence-electron chi connectivity index (χ1n) is 7.51. The van der Waals surface area contributed by atoms with Crippen LogP contribution in [-0.2, 0) is 9.59 Å². The topological polar surface area (TPSA) is 96.9 Å². The number of likely N-dealkylation sites (N-methyl/N-ethyl adjacent to an activating group) is 1. The molecule has 0 unspecified atom stereocenters. The average Bonchev–Trinajstić information content (AvgIpc) is 2.35. The van der Waals surface area contributed by atoms with Gasteiger partial charge in [0.1, 0.15) is 0 Å². The Hall–Kier alpha value is -1.10. The molecule has 0 atom stereocenters. The molecule has 0 fully saturated rings. The van der Waals surface area contributed by atoms with Gasteiger partial charge in [-0.15, -0.1) is 0 Å². The molecule has 0 radical (unpaired) electrons. The lowest BCUT2D eigenvalue weighted by Crippen LogP contribution is -2.39. The minimum absolute atomic E-state index is 0. The van der Waals surface area contributed by atoms with Gasteiger partial charge in [0.2, 0.25) is 5.91 Å². The van der Waals surface area contributed by atoms with Crippen LogP contribution in [0.5, 0.6) is 0 Å². The Morgan fingerprint density at radius 1 is 0.900 bits per heavy atom. The Balaban J connectivity index is 0. The number of carboxylic acids is 1. The van der Waals surface area contributed by atoms with Crippen molar-refractivity contribution in [3.8, 4) is 0 Å². The van der Waals surface area contributed by atoms with E-state index in [-0.39, 0.29) is 18.6 Å². The summed E-state index contributed by atoms with van der Waals surface area (Å²) in [6.45, 7) is 1.91. The smallest absolute Gasteiger partial charge is 0.222 e. The van der Waals surface area contributed by atoms with Crippen molar-refractivity contribution in [2.24, 2.45) is 0 Å². The highest BCUT2D eigenvalue weighted by Crippen LogP contribution is 2.10. The number of carbonyl (C=O) groups is 2. The third kappa shape index (κ3) is 13.3. The number of hydrogen-bond donors (Lipinski definition) is 1. The van der Waals surface area contributed by atoms with E-state index >= 15 is 0 Å². The van der Waals surface area contributed by atoms with Gasteiger partial charge in [-0.25, -0.2) is 0 Å². The fraction of sp³-hybridized carbons (Fsp3) is 0.867. The minimum Gasteiger partial charge on any atom is -0.548 e. The molecule has 0 aliphatic heterocycles. The monoisotopic (exact) mass is 288 g/mol. The Kier molecular flexibility index (Phi) is 15.2. The third-order valence-corrected chi connectivity index (χ3v) is 3.29. The van der Waals surface area contributed by atoms with Crippen LogP contribution >= 0.6 is 0 Å². The van der Waals surface area contributed by atoms with Crippen LogP contribution in [-0.4, -0.2) is 30.4 Å². The van der Waals surface area contributed by atoms with Gasteiger partial charge in [0, 0.05) is 13.5 Å². The van der Waals surface area contributed by atoms with E-state index in [9.17, 15) is 14.7 Å². The first kappa shape index (κ1) is 21.2. The molecule has 0 heterocycles. The van der Waals surface area contributed by atoms with Crippen LogP contribution in [0.2, 0.25) is 0 Å². The molecule has 120 valence electrons. The van der Waals surface area contributed by atoms with Gasteiger partial charge in [0.15, 0.2) is 0 Å². The molecule has 0 rings (SSSR count). The van der Waals surface area contributed by atoms with Crippen LogP contribution in [0, 0.1) is 0 Å². The first-order valence-corrected chi connectivity index (χ1v) is 7.51. The van der Waals surface area contributed by atoms with E-state index in [4.69, 9.17) is 0 Å². The first-order chi connectivity index (χ1) is 9.07. The SMILES string of the molecule is CCCCCCCCCCCC(=O)N(C)CC(=O)[O-].[NH4+]. The second-order valence-corrected chi connectivity index (χ2v) is 5.20. The fourth-order valence-electron chi connectivity index (χ4n) is 2.06. The maximum atomic E-state index is 11.5. The number of hydrogen-bond acceptors (Lipinski definition) is 3. The zero-order chi connectivity index (χ0) is 14.5. The summed E-state index contributed by atoms with van der Waals surface area (Å²) < 4.78 is 0. The highest BCUT2D eigenvalue weighted by Gasteiger charge is 2.07. The highest BCUT2D eigenvalue weighted by atomic mass is 16.4. The van der Waals surface area contributed by atoms with Crippen molar-refractivity contribution in [2.75, 3.05) is 13.6 Å². The number of amides is 1. The molecule has 4 N–H and O–H groups in total. The van der Waals surface area contributed by atoms with Crippen LogP contribution in [0.4, 0.5) is 0 Å². The minimum atomic E-state index is -1.21. The highest BCUT2D eigenvalue weighted by molar-refractivity contribution is 5.80. The van der Waals surface area contributed by atoms with Crippen LogP contribution in [0.25, 0.3) is 0 Å². The van der Waals surface area contributed by atoms with E-state index in [0.717, 1.165) is 12.8 Å². The van der Waals surface area contributed by atoms with Crippen LogP contribution < -0.4 is 11.3 Å². The van der Waals surface area contributed by atoms with Crippen molar-refractivity contribution in [1.82, 2.24) is 11.1 Å². The molecular formula is C15H32N2O3. The molecule has 0 saturated heterocycles. The molecule has 5 nitrogen and oxygen atoms in total. The lowest BCUT2D eigenvalue weighted by Gasteiger charge is -2.17. The van der Waals surface area contributed by atoms with E-state index in [1.165, 1.54) is 56.9 Å². The fourth-order valence-corrected chi connectivity index (χ4v) is 2.06.